The van der Waals surface area contributed by atoms with Gasteiger partial charge >= 0.3 is 0 Å². The van der Waals surface area contributed by atoms with Crippen molar-refractivity contribution < 1.29 is 5.11 Å². The Morgan fingerprint density at radius 1 is 1.35 bits per heavy atom. The van der Waals surface area contributed by atoms with Gasteiger partial charge in [0.15, 0.2) is 10.6 Å². The lowest BCUT2D eigenvalue weighted by atomic mass is 9.89. The van der Waals surface area contributed by atoms with Crippen LogP contribution in [0.5, 0.6) is 0 Å². The van der Waals surface area contributed by atoms with E-state index >= 15 is 0 Å². The fourth-order valence-electron chi connectivity index (χ4n) is 2.81. The van der Waals surface area contributed by atoms with E-state index in [1.165, 1.54) is 6.42 Å². The fraction of sp³-hybridized carbons (Fsp3) is 0.857. The molecule has 0 aliphatic carbocycles. The average Bonchev–Trinajstić information content (AvgIpc) is 2.72. The molecule has 0 amide bonds. The van der Waals surface area contributed by atoms with Crippen molar-refractivity contribution in [2.24, 2.45) is 11.8 Å². The second-order valence-electron chi connectivity index (χ2n) is 5.97. The summed E-state index contributed by atoms with van der Waals surface area (Å²) < 4.78 is 4.53. The second-order valence-corrected chi connectivity index (χ2v) is 6.33. The predicted molar refractivity (Wildman–Crippen MR) is 81.8 cm³/mol. The number of hydrogen-bond donors (Lipinski definition) is 1. The van der Waals surface area contributed by atoms with Crippen molar-refractivity contribution >= 4 is 12.2 Å². The second kappa shape index (κ2) is 6.83. The van der Waals surface area contributed by atoms with Crippen LogP contribution in [0.1, 0.15) is 39.4 Å². The van der Waals surface area contributed by atoms with Gasteiger partial charge in [0.1, 0.15) is 6.61 Å². The molecule has 0 radical (unpaired) electrons. The number of nitrogens with zero attached hydrogens (tertiary/aromatic N) is 4. The van der Waals surface area contributed by atoms with Crippen molar-refractivity contribution in [3.63, 3.8) is 0 Å². The summed E-state index contributed by atoms with van der Waals surface area (Å²) in [6.07, 6.45) is 2.22. The van der Waals surface area contributed by atoms with Crippen LogP contribution >= 0.6 is 12.2 Å². The molecule has 114 valence electrons. The number of aromatic nitrogens is 3. The molecule has 0 saturated carbocycles. The number of aliphatic hydroxyl groups excluding tert-OH is 1. The van der Waals surface area contributed by atoms with Gasteiger partial charge in [0.25, 0.3) is 0 Å². The Bertz CT molecular complexity index is 496. The first-order chi connectivity index (χ1) is 9.56. The first-order valence-corrected chi connectivity index (χ1v) is 7.97. The summed E-state index contributed by atoms with van der Waals surface area (Å²) in [7, 11) is 0. The highest BCUT2D eigenvalue weighted by molar-refractivity contribution is 7.71. The smallest absolute Gasteiger partial charge is 0.199 e. The first-order valence-electron chi connectivity index (χ1n) is 7.56. The zero-order valence-corrected chi connectivity index (χ0v) is 13.6. The SMILES string of the molecule is CCCn1c(CO)nn(CN2CCC(C)C(C)C2)c1=S. The van der Waals surface area contributed by atoms with Gasteiger partial charge in [-0.05, 0) is 36.9 Å². The third kappa shape index (κ3) is 3.30. The van der Waals surface area contributed by atoms with Gasteiger partial charge < -0.3 is 9.67 Å². The Morgan fingerprint density at radius 2 is 2.10 bits per heavy atom. The first kappa shape index (κ1) is 15.7. The van der Waals surface area contributed by atoms with Crippen molar-refractivity contribution in [3.05, 3.63) is 10.6 Å². The van der Waals surface area contributed by atoms with E-state index in [1.807, 2.05) is 9.25 Å². The number of piperidine rings is 1. The molecule has 0 spiro atoms. The lowest BCUT2D eigenvalue weighted by molar-refractivity contribution is 0.102. The van der Waals surface area contributed by atoms with E-state index in [4.69, 9.17) is 12.2 Å². The van der Waals surface area contributed by atoms with E-state index in [9.17, 15) is 5.11 Å². The molecule has 1 fully saturated rings. The van der Waals surface area contributed by atoms with E-state index in [-0.39, 0.29) is 6.61 Å². The molecule has 1 aromatic rings. The van der Waals surface area contributed by atoms with Gasteiger partial charge in [0.05, 0.1) is 6.67 Å². The lowest BCUT2D eigenvalue weighted by Crippen LogP contribution is -2.39. The molecule has 2 heterocycles. The highest BCUT2D eigenvalue weighted by Crippen LogP contribution is 2.22. The summed E-state index contributed by atoms with van der Waals surface area (Å²) >= 11 is 5.49. The van der Waals surface area contributed by atoms with E-state index in [1.54, 1.807) is 0 Å². The van der Waals surface area contributed by atoms with Gasteiger partial charge in [0, 0.05) is 19.6 Å². The number of aliphatic hydroxyl groups is 1. The monoisotopic (exact) mass is 298 g/mol. The zero-order valence-electron chi connectivity index (χ0n) is 12.7. The van der Waals surface area contributed by atoms with E-state index in [2.05, 4.69) is 30.8 Å². The highest BCUT2D eigenvalue weighted by Gasteiger charge is 2.23. The maximum atomic E-state index is 9.41. The van der Waals surface area contributed by atoms with Crippen molar-refractivity contribution in [2.75, 3.05) is 13.1 Å². The van der Waals surface area contributed by atoms with Gasteiger partial charge in [-0.3, -0.25) is 4.90 Å². The molecular weight excluding hydrogens is 272 g/mol. The third-order valence-corrected chi connectivity index (χ3v) is 4.77. The summed E-state index contributed by atoms with van der Waals surface area (Å²) in [5, 5.41) is 13.9. The van der Waals surface area contributed by atoms with Crippen LogP contribution in [0.15, 0.2) is 0 Å². The molecule has 0 bridgehead atoms. The largest absolute Gasteiger partial charge is 0.388 e. The topological polar surface area (TPSA) is 46.2 Å². The van der Waals surface area contributed by atoms with Crippen molar-refractivity contribution in [1.82, 2.24) is 19.2 Å². The summed E-state index contributed by atoms with van der Waals surface area (Å²) in [4.78, 5) is 2.41. The van der Waals surface area contributed by atoms with Crippen LogP contribution in [0.25, 0.3) is 0 Å². The summed E-state index contributed by atoms with van der Waals surface area (Å²) in [6, 6.07) is 0. The molecule has 1 saturated heterocycles. The summed E-state index contributed by atoms with van der Waals surface area (Å²) in [5.74, 6) is 2.19. The third-order valence-electron chi connectivity index (χ3n) is 4.34. The minimum absolute atomic E-state index is 0.0515. The van der Waals surface area contributed by atoms with Gasteiger partial charge in [0.2, 0.25) is 0 Å². The van der Waals surface area contributed by atoms with E-state index in [0.29, 0.717) is 11.7 Å². The van der Waals surface area contributed by atoms with Crippen LogP contribution in [0.2, 0.25) is 0 Å². The minimum Gasteiger partial charge on any atom is -0.388 e. The minimum atomic E-state index is -0.0515. The van der Waals surface area contributed by atoms with Crippen molar-refractivity contribution in [2.45, 2.75) is 53.4 Å². The van der Waals surface area contributed by atoms with Crippen LogP contribution in [0.4, 0.5) is 0 Å². The van der Waals surface area contributed by atoms with Gasteiger partial charge in [-0.1, -0.05) is 20.8 Å². The van der Waals surface area contributed by atoms with Gasteiger partial charge in [-0.15, -0.1) is 0 Å². The molecule has 2 unspecified atom stereocenters. The normalized spacial score (nSPS) is 24.2. The quantitative estimate of drug-likeness (QED) is 0.847. The molecule has 0 aromatic carbocycles. The Labute approximate surface area is 126 Å². The van der Waals surface area contributed by atoms with Crippen molar-refractivity contribution in [3.8, 4) is 0 Å². The summed E-state index contributed by atoms with van der Waals surface area (Å²) in [5.41, 5.74) is 0. The standard InChI is InChI=1S/C14H26N4OS/c1-4-6-17-13(9-19)15-18(14(17)20)10-16-7-5-11(2)12(3)8-16/h11-12,19H,4-10H2,1-3H3. The molecule has 6 heteroatoms. The lowest BCUT2D eigenvalue weighted by Gasteiger charge is -2.34. The molecular formula is C14H26N4OS. The number of hydrogen-bond acceptors (Lipinski definition) is 4. The molecule has 2 rings (SSSR count). The van der Waals surface area contributed by atoms with E-state index < -0.39 is 0 Å². The van der Waals surface area contributed by atoms with E-state index in [0.717, 1.165) is 43.4 Å². The fourth-order valence-corrected chi connectivity index (χ4v) is 3.11. The molecule has 1 aliphatic heterocycles. The molecule has 20 heavy (non-hydrogen) atoms. The van der Waals surface area contributed by atoms with Gasteiger partial charge in [-0.2, -0.15) is 5.10 Å². The molecule has 2 atom stereocenters. The number of likely N-dealkylation sites (tertiary alicyclic amines) is 1. The van der Waals surface area contributed by atoms with Crippen LogP contribution in [0, 0.1) is 16.6 Å². The van der Waals surface area contributed by atoms with Crippen LogP contribution in [-0.4, -0.2) is 37.4 Å². The van der Waals surface area contributed by atoms with Crippen molar-refractivity contribution in [1.29, 1.82) is 0 Å². The van der Waals surface area contributed by atoms with Gasteiger partial charge in [-0.25, -0.2) is 4.68 Å². The summed E-state index contributed by atoms with van der Waals surface area (Å²) in [6.45, 7) is 10.4. The Morgan fingerprint density at radius 3 is 2.70 bits per heavy atom. The maximum absolute atomic E-state index is 9.41. The van der Waals surface area contributed by atoms with Crippen LogP contribution in [-0.2, 0) is 19.8 Å². The average molecular weight is 298 g/mol. The Hall–Kier alpha value is -0.720. The molecule has 1 N–H and O–H groups in total. The molecule has 1 aromatic heterocycles. The molecule has 1 aliphatic rings. The Kier molecular flexibility index (Phi) is 5.35. The number of rotatable bonds is 5. The molecule has 5 nitrogen and oxygen atoms in total. The maximum Gasteiger partial charge on any atom is 0.199 e. The predicted octanol–water partition coefficient (Wildman–Crippen LogP) is 2.25. The Balaban J connectivity index is 2.12. The highest BCUT2D eigenvalue weighted by atomic mass is 32.1. The van der Waals surface area contributed by atoms with Crippen LogP contribution < -0.4 is 0 Å². The van der Waals surface area contributed by atoms with Crippen LogP contribution in [0.3, 0.4) is 0 Å². The zero-order chi connectivity index (χ0) is 14.7.